The molecule has 1 aliphatic rings. The molecule has 1 unspecified atom stereocenters. The number of rotatable bonds is 4. The lowest BCUT2D eigenvalue weighted by Gasteiger charge is -2.14. The molecule has 94 valence electrons. The maximum atomic E-state index is 12.1. The third kappa shape index (κ3) is 2.65. The van der Waals surface area contributed by atoms with Crippen molar-refractivity contribution in [3.63, 3.8) is 0 Å². The molecule has 17 heavy (non-hydrogen) atoms. The van der Waals surface area contributed by atoms with E-state index in [2.05, 4.69) is 4.98 Å². The van der Waals surface area contributed by atoms with Gasteiger partial charge in [0.2, 0.25) is 0 Å². The van der Waals surface area contributed by atoms with Crippen LogP contribution in [0.1, 0.15) is 16.9 Å². The van der Waals surface area contributed by atoms with Crippen LogP contribution in [0.25, 0.3) is 0 Å². The van der Waals surface area contributed by atoms with E-state index in [9.17, 15) is 4.79 Å². The van der Waals surface area contributed by atoms with Crippen LogP contribution in [0.3, 0.4) is 0 Å². The smallest absolute Gasteiger partial charge is 0.274 e. The van der Waals surface area contributed by atoms with Crippen LogP contribution in [-0.4, -0.2) is 53.2 Å². The van der Waals surface area contributed by atoms with Gasteiger partial charge in [0.25, 0.3) is 5.91 Å². The fraction of sp³-hybridized carbons (Fsp3) is 0.636. The highest BCUT2D eigenvalue weighted by Gasteiger charge is 2.27. The summed E-state index contributed by atoms with van der Waals surface area (Å²) < 4.78 is 7.07. The van der Waals surface area contributed by atoms with E-state index in [0.717, 1.165) is 13.0 Å². The number of nitrogens with two attached hydrogens (primary N) is 1. The maximum absolute atomic E-state index is 12.1. The molecule has 2 N–H and O–H groups in total. The van der Waals surface area contributed by atoms with Gasteiger partial charge in [0, 0.05) is 39.5 Å². The third-order valence-electron chi connectivity index (χ3n) is 3.01. The summed E-state index contributed by atoms with van der Waals surface area (Å²) in [6.07, 6.45) is 4.44. The first-order chi connectivity index (χ1) is 8.24. The van der Waals surface area contributed by atoms with Gasteiger partial charge in [-0.25, -0.2) is 4.98 Å². The Kier molecular flexibility index (Phi) is 3.75. The molecule has 2 rings (SSSR count). The van der Waals surface area contributed by atoms with Crippen molar-refractivity contribution < 1.29 is 9.53 Å². The Morgan fingerprint density at radius 2 is 2.53 bits per heavy atom. The van der Waals surface area contributed by atoms with Crippen molar-refractivity contribution in [2.75, 3.05) is 26.7 Å². The largest absolute Gasteiger partial charge is 0.380 e. The molecule has 1 saturated heterocycles. The van der Waals surface area contributed by atoms with Crippen LogP contribution in [0.15, 0.2) is 12.5 Å². The first-order valence-corrected chi connectivity index (χ1v) is 5.78. The number of aromatic nitrogens is 2. The number of likely N-dealkylation sites (tertiary alicyclic amines) is 1. The Morgan fingerprint density at radius 1 is 1.71 bits per heavy atom. The van der Waals surface area contributed by atoms with Gasteiger partial charge in [-0.1, -0.05) is 0 Å². The lowest BCUT2D eigenvalue weighted by Crippen LogP contribution is -2.30. The number of hydrogen-bond acceptors (Lipinski definition) is 4. The van der Waals surface area contributed by atoms with Crippen LogP contribution in [-0.2, 0) is 11.3 Å². The number of ether oxygens (including phenoxy) is 1. The monoisotopic (exact) mass is 238 g/mol. The second-order valence-electron chi connectivity index (χ2n) is 4.18. The van der Waals surface area contributed by atoms with Gasteiger partial charge in [-0.3, -0.25) is 4.79 Å². The average Bonchev–Trinajstić information content (AvgIpc) is 2.97. The minimum absolute atomic E-state index is 0.0275. The van der Waals surface area contributed by atoms with Gasteiger partial charge in [0.05, 0.1) is 12.4 Å². The quantitative estimate of drug-likeness (QED) is 0.781. The normalized spacial score (nSPS) is 19.9. The number of amides is 1. The fourth-order valence-corrected chi connectivity index (χ4v) is 2.01. The van der Waals surface area contributed by atoms with Crippen LogP contribution in [0, 0.1) is 0 Å². The predicted octanol–water partition coefficient (Wildman–Crippen LogP) is -0.297. The van der Waals surface area contributed by atoms with Gasteiger partial charge < -0.3 is 19.9 Å². The molecule has 2 heterocycles. The molecular weight excluding hydrogens is 220 g/mol. The third-order valence-corrected chi connectivity index (χ3v) is 3.01. The standard InChI is InChI=1S/C11H18N4O2/c1-17-9-2-4-15(6-9)11(16)10-7-14(5-3-12)8-13-10/h7-9H,2-6,12H2,1H3. The molecule has 1 aliphatic heterocycles. The summed E-state index contributed by atoms with van der Waals surface area (Å²) in [6, 6.07) is 0. The van der Waals surface area contributed by atoms with Crippen LogP contribution >= 0.6 is 0 Å². The Hall–Kier alpha value is -1.40. The summed E-state index contributed by atoms with van der Waals surface area (Å²) in [7, 11) is 1.68. The summed E-state index contributed by atoms with van der Waals surface area (Å²) >= 11 is 0. The molecule has 6 heteroatoms. The number of carbonyl (C=O) groups excluding carboxylic acids is 1. The molecule has 0 radical (unpaired) electrons. The van der Waals surface area contributed by atoms with Crippen molar-refractivity contribution in [3.8, 4) is 0 Å². The molecular formula is C11H18N4O2. The van der Waals surface area contributed by atoms with Crippen molar-refractivity contribution in [2.24, 2.45) is 5.73 Å². The number of carbonyl (C=O) groups is 1. The zero-order valence-corrected chi connectivity index (χ0v) is 10.0. The van der Waals surface area contributed by atoms with Gasteiger partial charge >= 0.3 is 0 Å². The lowest BCUT2D eigenvalue weighted by atomic mass is 10.3. The molecule has 1 aromatic rings. The van der Waals surface area contributed by atoms with Gasteiger partial charge in [-0.05, 0) is 6.42 Å². The zero-order valence-electron chi connectivity index (χ0n) is 10.0. The lowest BCUT2D eigenvalue weighted by molar-refractivity contribution is 0.0719. The average molecular weight is 238 g/mol. The van der Waals surface area contributed by atoms with Crippen molar-refractivity contribution in [2.45, 2.75) is 19.1 Å². The molecule has 0 saturated carbocycles. The number of nitrogens with zero attached hydrogens (tertiary/aromatic N) is 3. The Morgan fingerprint density at radius 3 is 3.18 bits per heavy atom. The minimum atomic E-state index is -0.0275. The van der Waals surface area contributed by atoms with E-state index in [4.69, 9.17) is 10.5 Å². The summed E-state index contributed by atoms with van der Waals surface area (Å²) in [5, 5.41) is 0. The van der Waals surface area contributed by atoms with E-state index in [1.807, 2.05) is 4.57 Å². The molecule has 0 spiro atoms. The topological polar surface area (TPSA) is 73.4 Å². The zero-order chi connectivity index (χ0) is 12.3. The highest BCUT2D eigenvalue weighted by atomic mass is 16.5. The summed E-state index contributed by atoms with van der Waals surface area (Å²) in [6.45, 7) is 2.61. The van der Waals surface area contributed by atoms with Gasteiger partial charge in [-0.2, -0.15) is 0 Å². The van der Waals surface area contributed by atoms with Gasteiger partial charge in [-0.15, -0.1) is 0 Å². The predicted molar refractivity (Wildman–Crippen MR) is 62.6 cm³/mol. The van der Waals surface area contributed by atoms with Gasteiger partial charge in [0.15, 0.2) is 0 Å². The number of imidazole rings is 1. The van der Waals surface area contributed by atoms with Crippen molar-refractivity contribution in [3.05, 3.63) is 18.2 Å². The van der Waals surface area contributed by atoms with Crippen molar-refractivity contribution >= 4 is 5.91 Å². The second-order valence-corrected chi connectivity index (χ2v) is 4.18. The van der Waals surface area contributed by atoms with E-state index in [0.29, 0.717) is 25.3 Å². The molecule has 0 aliphatic carbocycles. The SMILES string of the molecule is COC1CCN(C(=O)c2cn(CCN)cn2)C1. The minimum Gasteiger partial charge on any atom is -0.380 e. The van der Waals surface area contributed by atoms with Crippen LogP contribution in [0.4, 0.5) is 0 Å². The van der Waals surface area contributed by atoms with E-state index in [1.165, 1.54) is 0 Å². The molecule has 0 aromatic carbocycles. The molecule has 1 aromatic heterocycles. The van der Waals surface area contributed by atoms with Crippen molar-refractivity contribution in [1.82, 2.24) is 14.5 Å². The van der Waals surface area contributed by atoms with Crippen LogP contribution in [0.5, 0.6) is 0 Å². The van der Waals surface area contributed by atoms with Gasteiger partial charge in [0.1, 0.15) is 5.69 Å². The molecule has 1 amide bonds. The first-order valence-electron chi connectivity index (χ1n) is 5.78. The van der Waals surface area contributed by atoms with E-state index in [-0.39, 0.29) is 12.0 Å². The maximum Gasteiger partial charge on any atom is 0.274 e. The number of methoxy groups -OCH3 is 1. The van der Waals surface area contributed by atoms with E-state index in [1.54, 1.807) is 24.5 Å². The Labute approximate surface area is 100 Å². The summed E-state index contributed by atoms with van der Waals surface area (Å²) in [5.41, 5.74) is 5.93. The second kappa shape index (κ2) is 5.29. The fourth-order valence-electron chi connectivity index (χ4n) is 2.01. The highest BCUT2D eigenvalue weighted by molar-refractivity contribution is 5.92. The number of hydrogen-bond donors (Lipinski definition) is 1. The van der Waals surface area contributed by atoms with Crippen LogP contribution in [0.2, 0.25) is 0 Å². The van der Waals surface area contributed by atoms with Crippen LogP contribution < -0.4 is 5.73 Å². The van der Waals surface area contributed by atoms with Crippen molar-refractivity contribution in [1.29, 1.82) is 0 Å². The Bertz CT molecular complexity index is 391. The highest BCUT2D eigenvalue weighted by Crippen LogP contribution is 2.14. The van der Waals surface area contributed by atoms with E-state index >= 15 is 0 Å². The summed E-state index contributed by atoms with van der Waals surface area (Å²) in [4.78, 5) is 18.0. The van der Waals surface area contributed by atoms with E-state index < -0.39 is 0 Å². The summed E-state index contributed by atoms with van der Waals surface area (Å²) in [5.74, 6) is -0.0275. The molecule has 0 bridgehead atoms. The first kappa shape index (κ1) is 12.1. The molecule has 1 fully saturated rings. The molecule has 1 atom stereocenters. The Balaban J connectivity index is 1.99. The molecule has 6 nitrogen and oxygen atoms in total.